The summed E-state index contributed by atoms with van der Waals surface area (Å²) in [6, 6.07) is 13.5. The van der Waals surface area contributed by atoms with Crippen molar-refractivity contribution >= 4 is 17.2 Å². The van der Waals surface area contributed by atoms with Gasteiger partial charge in [-0.25, -0.2) is 9.37 Å². The van der Waals surface area contributed by atoms with Crippen molar-refractivity contribution in [2.45, 2.75) is 13.3 Å². The van der Waals surface area contributed by atoms with Crippen LogP contribution in [0.25, 0.3) is 10.6 Å². The maximum atomic E-state index is 13.4. The van der Waals surface area contributed by atoms with Gasteiger partial charge in [0.2, 0.25) is 0 Å². The molecule has 1 N–H and O–H groups in total. The van der Waals surface area contributed by atoms with Crippen molar-refractivity contribution in [1.29, 1.82) is 0 Å². The van der Waals surface area contributed by atoms with E-state index in [0.717, 1.165) is 21.1 Å². The Labute approximate surface area is 155 Å². The lowest BCUT2D eigenvalue weighted by atomic mass is 10.2. The molecular formula is C20H19FN2O2S. The molecule has 0 fully saturated rings. The summed E-state index contributed by atoms with van der Waals surface area (Å²) in [5.41, 5.74) is 2.18. The third-order valence-electron chi connectivity index (χ3n) is 3.95. The number of rotatable bonds is 6. The lowest BCUT2D eigenvalue weighted by Crippen LogP contribution is -2.26. The summed E-state index contributed by atoms with van der Waals surface area (Å²) in [4.78, 5) is 17.9. The van der Waals surface area contributed by atoms with Gasteiger partial charge in [0.15, 0.2) is 0 Å². The van der Waals surface area contributed by atoms with Crippen molar-refractivity contribution in [2.24, 2.45) is 0 Å². The van der Waals surface area contributed by atoms with Crippen LogP contribution in [0, 0.1) is 12.7 Å². The number of carbonyl (C=O) groups is 1. The van der Waals surface area contributed by atoms with E-state index < -0.39 is 0 Å². The zero-order chi connectivity index (χ0) is 18.5. The van der Waals surface area contributed by atoms with Gasteiger partial charge in [-0.3, -0.25) is 4.79 Å². The van der Waals surface area contributed by atoms with Gasteiger partial charge < -0.3 is 10.1 Å². The summed E-state index contributed by atoms with van der Waals surface area (Å²) in [5, 5.41) is 3.69. The highest BCUT2D eigenvalue weighted by molar-refractivity contribution is 7.15. The third kappa shape index (κ3) is 4.08. The highest BCUT2D eigenvalue weighted by Gasteiger charge is 2.13. The SMILES string of the molecule is COc1ccccc1C(=O)NCCc1sc(-c2cccc(F)c2)nc1C. The van der Waals surface area contributed by atoms with Crippen molar-refractivity contribution < 1.29 is 13.9 Å². The average molecular weight is 370 g/mol. The molecule has 0 unspecified atom stereocenters. The first kappa shape index (κ1) is 18.1. The van der Waals surface area contributed by atoms with Gasteiger partial charge in [-0.05, 0) is 31.2 Å². The van der Waals surface area contributed by atoms with Gasteiger partial charge in [0.25, 0.3) is 5.91 Å². The van der Waals surface area contributed by atoms with Crippen molar-refractivity contribution in [3.8, 4) is 16.3 Å². The summed E-state index contributed by atoms with van der Waals surface area (Å²) in [6.07, 6.45) is 0.666. The Kier molecular flexibility index (Phi) is 5.63. The van der Waals surface area contributed by atoms with E-state index in [1.807, 2.05) is 19.1 Å². The van der Waals surface area contributed by atoms with E-state index in [9.17, 15) is 9.18 Å². The smallest absolute Gasteiger partial charge is 0.255 e. The number of thiazole rings is 1. The highest BCUT2D eigenvalue weighted by atomic mass is 32.1. The highest BCUT2D eigenvalue weighted by Crippen LogP contribution is 2.28. The van der Waals surface area contributed by atoms with Crippen LogP contribution >= 0.6 is 11.3 Å². The molecule has 134 valence electrons. The molecule has 3 aromatic rings. The van der Waals surface area contributed by atoms with Gasteiger partial charge >= 0.3 is 0 Å². The minimum Gasteiger partial charge on any atom is -0.496 e. The Morgan fingerprint density at radius 2 is 2.04 bits per heavy atom. The number of amides is 1. The fourth-order valence-electron chi connectivity index (χ4n) is 2.62. The Morgan fingerprint density at radius 1 is 1.23 bits per heavy atom. The van der Waals surface area contributed by atoms with Crippen molar-refractivity contribution in [3.63, 3.8) is 0 Å². The molecule has 0 atom stereocenters. The van der Waals surface area contributed by atoms with Crippen LogP contribution in [0.2, 0.25) is 0 Å². The molecule has 1 amide bonds. The van der Waals surface area contributed by atoms with Crippen molar-refractivity contribution in [1.82, 2.24) is 10.3 Å². The Balaban J connectivity index is 1.64. The Hall–Kier alpha value is -2.73. The van der Waals surface area contributed by atoms with E-state index in [1.54, 1.807) is 31.4 Å². The average Bonchev–Trinajstić information content (AvgIpc) is 3.02. The maximum Gasteiger partial charge on any atom is 0.255 e. The molecule has 0 spiro atoms. The van der Waals surface area contributed by atoms with Gasteiger partial charge in [-0.1, -0.05) is 24.3 Å². The molecule has 4 nitrogen and oxygen atoms in total. The van der Waals surface area contributed by atoms with Gasteiger partial charge in [0.05, 0.1) is 18.4 Å². The fourth-order valence-corrected chi connectivity index (χ4v) is 3.68. The van der Waals surface area contributed by atoms with Gasteiger partial charge in [0, 0.05) is 23.4 Å². The molecule has 0 saturated heterocycles. The number of hydrogen-bond acceptors (Lipinski definition) is 4. The summed E-state index contributed by atoms with van der Waals surface area (Å²) >= 11 is 1.52. The second-order valence-corrected chi connectivity index (χ2v) is 6.83. The zero-order valence-electron chi connectivity index (χ0n) is 14.6. The molecule has 0 radical (unpaired) electrons. The number of benzene rings is 2. The predicted molar refractivity (Wildman–Crippen MR) is 101 cm³/mol. The number of ether oxygens (including phenoxy) is 1. The Morgan fingerprint density at radius 3 is 2.81 bits per heavy atom. The molecular weight excluding hydrogens is 351 g/mol. The zero-order valence-corrected chi connectivity index (χ0v) is 15.4. The molecule has 6 heteroatoms. The van der Waals surface area contributed by atoms with E-state index in [-0.39, 0.29) is 11.7 Å². The topological polar surface area (TPSA) is 51.2 Å². The van der Waals surface area contributed by atoms with Gasteiger partial charge in [0.1, 0.15) is 16.6 Å². The molecule has 1 aromatic heterocycles. The molecule has 0 aliphatic rings. The van der Waals surface area contributed by atoms with Crippen molar-refractivity contribution in [3.05, 3.63) is 70.5 Å². The lowest BCUT2D eigenvalue weighted by Gasteiger charge is -2.08. The van der Waals surface area contributed by atoms with Crippen LogP contribution in [0.5, 0.6) is 5.75 Å². The number of aryl methyl sites for hydroxylation is 1. The summed E-state index contributed by atoms with van der Waals surface area (Å²) < 4.78 is 18.6. The first-order valence-corrected chi connectivity index (χ1v) is 9.03. The molecule has 0 bridgehead atoms. The van der Waals surface area contributed by atoms with E-state index >= 15 is 0 Å². The van der Waals surface area contributed by atoms with Crippen LogP contribution in [0.3, 0.4) is 0 Å². The maximum absolute atomic E-state index is 13.4. The predicted octanol–water partition coefficient (Wildman–Crippen LogP) is 4.24. The monoisotopic (exact) mass is 370 g/mol. The quantitative estimate of drug-likeness (QED) is 0.706. The van der Waals surface area contributed by atoms with E-state index in [2.05, 4.69) is 10.3 Å². The largest absolute Gasteiger partial charge is 0.496 e. The van der Waals surface area contributed by atoms with E-state index in [4.69, 9.17) is 4.74 Å². The number of halogens is 1. The summed E-state index contributed by atoms with van der Waals surface area (Å²) in [5.74, 6) is 0.100. The number of para-hydroxylation sites is 1. The molecule has 0 aliphatic carbocycles. The lowest BCUT2D eigenvalue weighted by molar-refractivity contribution is 0.0951. The van der Waals surface area contributed by atoms with Crippen LogP contribution in [0.1, 0.15) is 20.9 Å². The molecule has 3 rings (SSSR count). The molecule has 2 aromatic carbocycles. The minimum absolute atomic E-state index is 0.171. The van der Waals surface area contributed by atoms with Crippen LogP contribution in [0.15, 0.2) is 48.5 Å². The van der Waals surface area contributed by atoms with Gasteiger partial charge in [-0.2, -0.15) is 0 Å². The number of carbonyl (C=O) groups excluding carboxylic acids is 1. The molecule has 0 aliphatic heterocycles. The number of nitrogens with one attached hydrogen (secondary N) is 1. The van der Waals surface area contributed by atoms with E-state index in [1.165, 1.54) is 23.5 Å². The van der Waals surface area contributed by atoms with E-state index in [0.29, 0.717) is 24.3 Å². The Bertz CT molecular complexity index is 924. The number of hydrogen-bond donors (Lipinski definition) is 1. The molecule has 0 saturated carbocycles. The third-order valence-corrected chi connectivity index (χ3v) is 5.22. The number of methoxy groups -OCH3 is 1. The first-order valence-electron chi connectivity index (χ1n) is 8.22. The number of nitrogens with zero attached hydrogens (tertiary/aromatic N) is 1. The standard InChI is InChI=1S/C20H19FN2O2S/c1-13-18(26-20(23-13)14-6-5-7-15(21)12-14)10-11-22-19(24)16-8-3-4-9-17(16)25-2/h3-9,12H,10-11H2,1-2H3,(H,22,24). The van der Waals surface area contributed by atoms with Crippen LogP contribution < -0.4 is 10.1 Å². The molecule has 1 heterocycles. The van der Waals surface area contributed by atoms with Crippen LogP contribution in [-0.2, 0) is 6.42 Å². The number of aromatic nitrogens is 1. The summed E-state index contributed by atoms with van der Waals surface area (Å²) in [6.45, 7) is 2.42. The van der Waals surface area contributed by atoms with Crippen molar-refractivity contribution in [2.75, 3.05) is 13.7 Å². The molecule has 26 heavy (non-hydrogen) atoms. The second-order valence-electron chi connectivity index (χ2n) is 5.74. The first-order chi connectivity index (χ1) is 12.6. The normalized spacial score (nSPS) is 10.6. The fraction of sp³-hybridized carbons (Fsp3) is 0.200. The summed E-state index contributed by atoms with van der Waals surface area (Å²) in [7, 11) is 1.54. The minimum atomic E-state index is -0.277. The van der Waals surface area contributed by atoms with Crippen LogP contribution in [-0.4, -0.2) is 24.5 Å². The van der Waals surface area contributed by atoms with Crippen LogP contribution in [0.4, 0.5) is 4.39 Å². The second kappa shape index (κ2) is 8.10. The van der Waals surface area contributed by atoms with Gasteiger partial charge in [-0.15, -0.1) is 11.3 Å².